The lowest BCUT2D eigenvalue weighted by atomic mass is 9.96. The van der Waals surface area contributed by atoms with Gasteiger partial charge in [0.05, 0.1) is 12.7 Å². The first-order valence-electron chi connectivity index (χ1n) is 9.20. The van der Waals surface area contributed by atoms with Gasteiger partial charge >= 0.3 is 11.9 Å². The van der Waals surface area contributed by atoms with Gasteiger partial charge in [-0.2, -0.15) is 0 Å². The normalized spacial score (nSPS) is 17.2. The van der Waals surface area contributed by atoms with Gasteiger partial charge in [0.25, 0.3) is 0 Å². The number of methoxy groups -OCH3 is 2. The molecule has 0 fully saturated rings. The summed E-state index contributed by atoms with van der Waals surface area (Å²) in [7, 11) is 2.78. The lowest BCUT2D eigenvalue weighted by Crippen LogP contribution is -2.40. The molecular formula is C22H24O7. The number of hydrogen-bond donors (Lipinski definition) is 0. The zero-order chi connectivity index (χ0) is 21.0. The molecule has 0 saturated heterocycles. The first kappa shape index (κ1) is 20.7. The largest absolute Gasteiger partial charge is 0.486 e. The van der Waals surface area contributed by atoms with Crippen LogP contribution in [0, 0.1) is 6.92 Å². The van der Waals surface area contributed by atoms with Gasteiger partial charge in [0.2, 0.25) is 0 Å². The molecule has 1 aliphatic rings. The SMILES string of the molecule is COC(=O)c1ccc2c(c1C)O[C@@H](COC(=O)[C@](C)(OC)c1ccccc1)CO2. The van der Waals surface area contributed by atoms with Crippen molar-refractivity contribution in [3.8, 4) is 11.5 Å². The van der Waals surface area contributed by atoms with E-state index in [2.05, 4.69) is 0 Å². The number of ether oxygens (including phenoxy) is 5. The van der Waals surface area contributed by atoms with Crippen LogP contribution < -0.4 is 9.47 Å². The summed E-state index contributed by atoms with van der Waals surface area (Å²) in [5, 5.41) is 0. The van der Waals surface area contributed by atoms with Crippen LogP contribution in [0.4, 0.5) is 0 Å². The Hall–Kier alpha value is -3.06. The molecule has 0 N–H and O–H groups in total. The average Bonchev–Trinajstić information content (AvgIpc) is 2.77. The maximum absolute atomic E-state index is 12.7. The van der Waals surface area contributed by atoms with Crippen molar-refractivity contribution >= 4 is 11.9 Å². The Morgan fingerprint density at radius 3 is 2.52 bits per heavy atom. The summed E-state index contributed by atoms with van der Waals surface area (Å²) in [4.78, 5) is 24.6. The third-order valence-electron chi connectivity index (χ3n) is 5.01. The van der Waals surface area contributed by atoms with Gasteiger partial charge in [-0.25, -0.2) is 9.59 Å². The van der Waals surface area contributed by atoms with Gasteiger partial charge in [-0.3, -0.25) is 0 Å². The van der Waals surface area contributed by atoms with Crippen LogP contribution in [0.5, 0.6) is 11.5 Å². The molecule has 3 rings (SSSR count). The topological polar surface area (TPSA) is 80.3 Å². The van der Waals surface area contributed by atoms with Crippen LogP contribution >= 0.6 is 0 Å². The monoisotopic (exact) mass is 400 g/mol. The zero-order valence-electron chi connectivity index (χ0n) is 16.9. The quantitative estimate of drug-likeness (QED) is 0.690. The van der Waals surface area contributed by atoms with Crippen molar-refractivity contribution < 1.29 is 33.3 Å². The fourth-order valence-corrected chi connectivity index (χ4v) is 3.11. The van der Waals surface area contributed by atoms with E-state index < -0.39 is 23.6 Å². The molecule has 0 saturated carbocycles. The van der Waals surface area contributed by atoms with Crippen molar-refractivity contribution in [2.75, 3.05) is 27.4 Å². The maximum Gasteiger partial charge on any atom is 0.342 e. The van der Waals surface area contributed by atoms with Crippen LogP contribution in [0.15, 0.2) is 42.5 Å². The van der Waals surface area contributed by atoms with Gasteiger partial charge in [-0.15, -0.1) is 0 Å². The molecule has 7 heteroatoms. The fraction of sp³-hybridized carbons (Fsp3) is 0.364. The molecule has 0 aliphatic carbocycles. The predicted molar refractivity (Wildman–Crippen MR) is 104 cm³/mol. The number of fused-ring (bicyclic) bond motifs is 1. The Morgan fingerprint density at radius 2 is 1.86 bits per heavy atom. The Morgan fingerprint density at radius 1 is 1.14 bits per heavy atom. The van der Waals surface area contributed by atoms with E-state index in [9.17, 15) is 9.59 Å². The Bertz CT molecular complexity index is 894. The molecule has 0 spiro atoms. The van der Waals surface area contributed by atoms with Crippen LogP contribution in [-0.2, 0) is 24.6 Å². The number of benzene rings is 2. The van der Waals surface area contributed by atoms with Crippen molar-refractivity contribution in [1.29, 1.82) is 0 Å². The smallest absolute Gasteiger partial charge is 0.342 e. The van der Waals surface area contributed by atoms with Crippen LogP contribution in [0.1, 0.15) is 28.4 Å². The summed E-state index contributed by atoms with van der Waals surface area (Å²) in [6.45, 7) is 3.60. The highest BCUT2D eigenvalue weighted by Gasteiger charge is 2.38. The summed E-state index contributed by atoms with van der Waals surface area (Å²) in [5.74, 6) is -0.0108. The molecule has 0 amide bonds. The molecule has 29 heavy (non-hydrogen) atoms. The molecule has 0 bridgehead atoms. The molecule has 7 nitrogen and oxygen atoms in total. The van der Waals surface area contributed by atoms with E-state index in [1.165, 1.54) is 14.2 Å². The second kappa shape index (κ2) is 8.53. The summed E-state index contributed by atoms with van der Waals surface area (Å²) in [6.07, 6.45) is -0.519. The van der Waals surface area contributed by atoms with E-state index in [4.69, 9.17) is 23.7 Å². The molecule has 0 unspecified atom stereocenters. The van der Waals surface area contributed by atoms with Gasteiger partial charge in [0.1, 0.15) is 13.2 Å². The molecule has 154 valence electrons. The maximum atomic E-state index is 12.7. The highest BCUT2D eigenvalue weighted by Crippen LogP contribution is 2.37. The second-order valence-corrected chi connectivity index (χ2v) is 6.81. The first-order chi connectivity index (χ1) is 13.9. The number of hydrogen-bond acceptors (Lipinski definition) is 7. The molecule has 1 heterocycles. The van der Waals surface area contributed by atoms with Gasteiger partial charge < -0.3 is 23.7 Å². The second-order valence-electron chi connectivity index (χ2n) is 6.81. The van der Waals surface area contributed by atoms with Crippen molar-refractivity contribution in [3.05, 3.63) is 59.2 Å². The predicted octanol–water partition coefficient (Wildman–Crippen LogP) is 3.03. The molecule has 1 aliphatic heterocycles. The molecule has 0 aromatic heterocycles. The minimum Gasteiger partial charge on any atom is -0.486 e. The Kier molecular flexibility index (Phi) is 6.08. The Labute approximate surface area is 169 Å². The van der Waals surface area contributed by atoms with Gasteiger partial charge in [-0.05, 0) is 31.5 Å². The van der Waals surface area contributed by atoms with Crippen molar-refractivity contribution in [1.82, 2.24) is 0 Å². The van der Waals surface area contributed by atoms with Crippen molar-refractivity contribution in [2.45, 2.75) is 25.6 Å². The van der Waals surface area contributed by atoms with Crippen LogP contribution in [-0.4, -0.2) is 45.5 Å². The van der Waals surface area contributed by atoms with E-state index in [1.54, 1.807) is 38.1 Å². The van der Waals surface area contributed by atoms with Crippen LogP contribution in [0.2, 0.25) is 0 Å². The molecule has 2 atom stereocenters. The summed E-state index contributed by atoms with van der Waals surface area (Å²) >= 11 is 0. The highest BCUT2D eigenvalue weighted by molar-refractivity contribution is 5.92. The van der Waals surface area contributed by atoms with Crippen molar-refractivity contribution in [3.63, 3.8) is 0 Å². The summed E-state index contributed by atoms with van der Waals surface area (Å²) in [5.41, 5.74) is 0.458. The van der Waals surface area contributed by atoms with E-state index >= 15 is 0 Å². The fourth-order valence-electron chi connectivity index (χ4n) is 3.11. The molecular weight excluding hydrogens is 376 g/mol. The number of carbonyl (C=O) groups is 2. The van der Waals surface area contributed by atoms with E-state index in [0.29, 0.717) is 28.2 Å². The lowest BCUT2D eigenvalue weighted by Gasteiger charge is -2.30. The third kappa shape index (κ3) is 4.05. The summed E-state index contributed by atoms with van der Waals surface area (Å²) < 4.78 is 27.4. The molecule has 2 aromatic carbocycles. The summed E-state index contributed by atoms with van der Waals surface area (Å²) in [6, 6.07) is 12.4. The average molecular weight is 400 g/mol. The molecule has 0 radical (unpaired) electrons. The lowest BCUT2D eigenvalue weighted by molar-refractivity contribution is -0.171. The minimum atomic E-state index is -1.23. The van der Waals surface area contributed by atoms with Crippen LogP contribution in [0.25, 0.3) is 0 Å². The highest BCUT2D eigenvalue weighted by atomic mass is 16.6. The van der Waals surface area contributed by atoms with Gasteiger partial charge in [0.15, 0.2) is 23.2 Å². The standard InChI is InChI=1S/C22H24O7/c1-14-17(20(23)25-3)10-11-18-19(14)29-16(12-27-18)13-28-21(24)22(2,26-4)15-8-6-5-7-9-15/h5-11,16H,12-13H2,1-4H3/t16-,22-/m1/s1. The zero-order valence-corrected chi connectivity index (χ0v) is 16.9. The van der Waals surface area contributed by atoms with E-state index in [0.717, 1.165) is 0 Å². The number of rotatable bonds is 6. The minimum absolute atomic E-state index is 0.0219. The molecule has 2 aromatic rings. The first-order valence-corrected chi connectivity index (χ1v) is 9.20. The number of carbonyl (C=O) groups excluding carboxylic acids is 2. The van der Waals surface area contributed by atoms with E-state index in [1.807, 2.05) is 18.2 Å². The van der Waals surface area contributed by atoms with Gasteiger partial charge in [0, 0.05) is 12.7 Å². The Balaban J connectivity index is 1.70. The van der Waals surface area contributed by atoms with Crippen LogP contribution in [0.3, 0.4) is 0 Å². The van der Waals surface area contributed by atoms with E-state index in [-0.39, 0.29) is 13.2 Å². The third-order valence-corrected chi connectivity index (χ3v) is 5.01. The van der Waals surface area contributed by atoms with Crippen molar-refractivity contribution in [2.24, 2.45) is 0 Å². The van der Waals surface area contributed by atoms with Gasteiger partial charge in [-0.1, -0.05) is 30.3 Å². The number of esters is 2.